The molecule has 1 heterocycles. The van der Waals surface area contributed by atoms with Gasteiger partial charge in [0, 0.05) is 23.5 Å². The zero-order chi connectivity index (χ0) is 29.0. The van der Waals surface area contributed by atoms with Gasteiger partial charge in [-0.05, 0) is 71.8 Å². The molecule has 0 saturated heterocycles. The highest BCUT2D eigenvalue weighted by Crippen LogP contribution is 2.25. The summed E-state index contributed by atoms with van der Waals surface area (Å²) in [6, 6.07) is 22.9. The molecule has 5 rings (SSSR count). The number of hydrogen-bond acceptors (Lipinski definition) is 5. The first-order valence-corrected chi connectivity index (χ1v) is 13.8. The number of halogens is 3. The molecule has 3 N–H and O–H groups in total. The largest absolute Gasteiger partial charge is 0.475 e. The first kappa shape index (κ1) is 27.9. The van der Waals surface area contributed by atoms with Crippen LogP contribution in [0.1, 0.15) is 22.7 Å². The van der Waals surface area contributed by atoms with Gasteiger partial charge in [-0.1, -0.05) is 30.3 Å². The molecular formula is C29H23F3N4O4S. The molecule has 1 aliphatic heterocycles. The molecule has 12 heteroatoms. The van der Waals surface area contributed by atoms with E-state index in [2.05, 4.69) is 20.3 Å². The number of carbonyl (C=O) groups excluding carboxylic acids is 1. The molecule has 1 aliphatic rings. The van der Waals surface area contributed by atoms with Gasteiger partial charge in [-0.25, -0.2) is 36.1 Å². The number of nitrogens with one attached hydrogen (secondary N) is 3. The zero-order valence-corrected chi connectivity index (χ0v) is 22.1. The first-order valence-electron chi connectivity index (χ1n) is 12.3. The quantitative estimate of drug-likeness (QED) is 0.231. The van der Waals surface area contributed by atoms with Gasteiger partial charge in [0.2, 0.25) is 15.9 Å². The molecule has 1 unspecified atom stereocenters. The van der Waals surface area contributed by atoms with E-state index < -0.39 is 40.1 Å². The van der Waals surface area contributed by atoms with Crippen LogP contribution in [0.15, 0.2) is 101 Å². The van der Waals surface area contributed by atoms with Crippen LogP contribution in [0.2, 0.25) is 0 Å². The third-order valence-electron chi connectivity index (χ3n) is 6.16. The van der Waals surface area contributed by atoms with E-state index in [0.29, 0.717) is 36.0 Å². The van der Waals surface area contributed by atoms with Crippen LogP contribution in [0.3, 0.4) is 0 Å². The highest BCUT2D eigenvalue weighted by molar-refractivity contribution is 7.89. The third kappa shape index (κ3) is 6.73. The molecule has 8 nitrogen and oxygen atoms in total. The minimum Gasteiger partial charge on any atom is -0.475 e. The van der Waals surface area contributed by atoms with Crippen molar-refractivity contribution in [3.8, 4) is 0 Å². The minimum atomic E-state index is -4.06. The predicted molar refractivity (Wildman–Crippen MR) is 148 cm³/mol. The van der Waals surface area contributed by atoms with E-state index in [4.69, 9.17) is 4.74 Å². The van der Waals surface area contributed by atoms with Gasteiger partial charge in [-0.3, -0.25) is 0 Å². The molecule has 2 amide bonds. The standard InChI is InChI=1S/C29H23F3N4O4S/c30-24-14-18(15-25(31)27(24)32)16-33-41(38,39)23-12-10-22(11-13-23)35-29(37)34-21-8-6-20(7-9-21)28-36-26(17-40-28)19-4-2-1-3-5-19/h1-15,26,33H,16-17H2,(H2,34,35,37). The van der Waals surface area contributed by atoms with E-state index in [0.717, 1.165) is 11.1 Å². The second-order valence-electron chi connectivity index (χ2n) is 9.05. The Balaban J connectivity index is 1.15. The molecule has 0 bridgehead atoms. The van der Waals surface area contributed by atoms with E-state index in [1.807, 2.05) is 30.3 Å². The smallest absolute Gasteiger partial charge is 0.323 e. The molecule has 0 aliphatic carbocycles. The molecule has 0 aromatic heterocycles. The Hall–Kier alpha value is -4.68. The van der Waals surface area contributed by atoms with Gasteiger partial charge in [-0.2, -0.15) is 0 Å². The molecule has 0 spiro atoms. The van der Waals surface area contributed by atoms with Crippen molar-refractivity contribution in [2.45, 2.75) is 17.5 Å². The lowest BCUT2D eigenvalue weighted by Crippen LogP contribution is -2.23. The molecule has 0 radical (unpaired) electrons. The van der Waals surface area contributed by atoms with Crippen LogP contribution in [-0.2, 0) is 21.3 Å². The fourth-order valence-corrected chi connectivity index (χ4v) is 5.07. The molecule has 4 aromatic rings. The normalized spacial score (nSPS) is 14.7. The van der Waals surface area contributed by atoms with Crippen LogP contribution >= 0.6 is 0 Å². The van der Waals surface area contributed by atoms with E-state index in [1.165, 1.54) is 24.3 Å². The lowest BCUT2D eigenvalue weighted by Gasteiger charge is -2.10. The van der Waals surface area contributed by atoms with Crippen molar-refractivity contribution >= 4 is 33.3 Å². The molecule has 4 aromatic carbocycles. The fraction of sp³-hybridized carbons (Fsp3) is 0.103. The van der Waals surface area contributed by atoms with Crippen LogP contribution in [0, 0.1) is 17.5 Å². The summed E-state index contributed by atoms with van der Waals surface area (Å²) in [5, 5.41) is 5.30. The summed E-state index contributed by atoms with van der Waals surface area (Å²) in [6.45, 7) is -0.00312. The van der Waals surface area contributed by atoms with Gasteiger partial charge in [-0.15, -0.1) is 0 Å². The number of nitrogens with zero attached hydrogens (tertiary/aromatic N) is 1. The van der Waals surface area contributed by atoms with E-state index in [9.17, 15) is 26.4 Å². The Labute approximate surface area is 233 Å². The molecular weight excluding hydrogens is 557 g/mol. The van der Waals surface area contributed by atoms with Crippen molar-refractivity contribution in [2.24, 2.45) is 4.99 Å². The van der Waals surface area contributed by atoms with Gasteiger partial charge < -0.3 is 15.4 Å². The molecule has 0 fully saturated rings. The number of rotatable bonds is 8. The van der Waals surface area contributed by atoms with Crippen LogP contribution < -0.4 is 15.4 Å². The third-order valence-corrected chi connectivity index (χ3v) is 7.57. The maximum absolute atomic E-state index is 13.4. The number of anilines is 2. The number of amides is 2. The van der Waals surface area contributed by atoms with Crippen molar-refractivity contribution in [3.05, 3.63) is 125 Å². The van der Waals surface area contributed by atoms with Crippen LogP contribution in [-0.4, -0.2) is 27.0 Å². The molecule has 210 valence electrons. The Morgan fingerprint density at radius 3 is 2.05 bits per heavy atom. The number of urea groups is 1. The zero-order valence-electron chi connectivity index (χ0n) is 21.3. The monoisotopic (exact) mass is 580 g/mol. The van der Waals surface area contributed by atoms with Crippen molar-refractivity contribution in [1.82, 2.24) is 4.72 Å². The number of carbonyl (C=O) groups is 1. The average molecular weight is 581 g/mol. The summed E-state index contributed by atoms with van der Waals surface area (Å²) >= 11 is 0. The van der Waals surface area contributed by atoms with Crippen LogP contribution in [0.25, 0.3) is 0 Å². The topological polar surface area (TPSA) is 109 Å². The van der Waals surface area contributed by atoms with E-state index in [-0.39, 0.29) is 16.5 Å². The molecule has 1 atom stereocenters. The summed E-state index contributed by atoms with van der Waals surface area (Å²) in [6.07, 6.45) is 0. The SMILES string of the molecule is O=C(Nc1ccc(C2=NC(c3ccccc3)CO2)cc1)Nc1ccc(S(=O)(=O)NCc2cc(F)c(F)c(F)c2)cc1. The highest BCUT2D eigenvalue weighted by Gasteiger charge is 2.21. The number of hydrogen-bond donors (Lipinski definition) is 3. The highest BCUT2D eigenvalue weighted by atomic mass is 32.2. The summed E-state index contributed by atoms with van der Waals surface area (Å²) in [5.74, 6) is -3.95. The molecule has 41 heavy (non-hydrogen) atoms. The Morgan fingerprint density at radius 2 is 1.44 bits per heavy atom. The number of benzene rings is 4. The second kappa shape index (κ2) is 11.8. The van der Waals surface area contributed by atoms with E-state index >= 15 is 0 Å². The average Bonchev–Trinajstić information content (AvgIpc) is 3.46. The summed E-state index contributed by atoms with van der Waals surface area (Å²) in [7, 11) is -4.06. The van der Waals surface area contributed by atoms with Gasteiger partial charge in [0.05, 0.1) is 4.90 Å². The van der Waals surface area contributed by atoms with Crippen LogP contribution in [0.5, 0.6) is 0 Å². The minimum absolute atomic E-state index is 0.0733. The number of sulfonamides is 1. The first-order chi connectivity index (χ1) is 19.7. The predicted octanol–water partition coefficient (Wildman–Crippen LogP) is 5.74. The summed E-state index contributed by atoms with van der Waals surface area (Å²) in [5.41, 5.74) is 2.59. The van der Waals surface area contributed by atoms with Gasteiger partial charge >= 0.3 is 6.03 Å². The summed E-state index contributed by atoms with van der Waals surface area (Å²) in [4.78, 5) is 16.9. The van der Waals surface area contributed by atoms with Gasteiger partial charge in [0.1, 0.15) is 12.6 Å². The Bertz CT molecular complexity index is 1680. The number of aliphatic imine (C=N–C) groups is 1. The van der Waals surface area contributed by atoms with Gasteiger partial charge in [0.25, 0.3) is 0 Å². The van der Waals surface area contributed by atoms with Crippen molar-refractivity contribution in [3.63, 3.8) is 0 Å². The second-order valence-corrected chi connectivity index (χ2v) is 10.8. The van der Waals surface area contributed by atoms with Gasteiger partial charge in [0.15, 0.2) is 17.5 Å². The molecule has 0 saturated carbocycles. The Kier molecular flexibility index (Phi) is 8.04. The van der Waals surface area contributed by atoms with Crippen molar-refractivity contribution in [2.75, 3.05) is 17.2 Å². The maximum Gasteiger partial charge on any atom is 0.323 e. The summed E-state index contributed by atoms with van der Waals surface area (Å²) < 4.78 is 72.9. The number of ether oxygens (including phenoxy) is 1. The lowest BCUT2D eigenvalue weighted by atomic mass is 10.1. The maximum atomic E-state index is 13.4. The Morgan fingerprint density at radius 1 is 0.854 bits per heavy atom. The fourth-order valence-electron chi connectivity index (χ4n) is 4.06. The van der Waals surface area contributed by atoms with E-state index in [1.54, 1.807) is 24.3 Å². The lowest BCUT2D eigenvalue weighted by molar-refractivity contribution is 0.262. The van der Waals surface area contributed by atoms with Crippen molar-refractivity contribution in [1.29, 1.82) is 0 Å². The van der Waals surface area contributed by atoms with Crippen molar-refractivity contribution < 1.29 is 31.1 Å². The van der Waals surface area contributed by atoms with Crippen LogP contribution in [0.4, 0.5) is 29.3 Å².